The van der Waals surface area contributed by atoms with Crippen molar-refractivity contribution in [1.82, 2.24) is 0 Å². The summed E-state index contributed by atoms with van der Waals surface area (Å²) in [4.78, 5) is 34.1. The van der Waals surface area contributed by atoms with E-state index in [0.717, 1.165) is 6.26 Å². The van der Waals surface area contributed by atoms with E-state index in [9.17, 15) is 24.6 Å². The number of aromatic hydroxyl groups is 2. The number of carbonyl (C=O) groups excluding carboxylic acids is 3. The van der Waals surface area contributed by atoms with E-state index in [4.69, 9.17) is 9.47 Å². The Bertz CT molecular complexity index is 1020. The standard InChI is InChI=1S/C22H18O7.Ru/c1-28-21-12-15(4-8-19(21)26)2-6-17(24)14-18(25)7-3-16-5-9-20(27)22(13-16)29-11-10-23;/h2-9,11-13,26-27H,14H2,1H3;. The third kappa shape index (κ3) is 7.51. The van der Waals surface area contributed by atoms with Crippen LogP contribution in [0.5, 0.6) is 23.0 Å². The number of ether oxygens (including phenoxy) is 2. The minimum Gasteiger partial charge on any atom is -0.504 e. The molecule has 0 fully saturated rings. The Labute approximate surface area is 185 Å². The molecule has 8 heteroatoms. The fraction of sp³-hybridized carbons (Fsp3) is 0.0909. The van der Waals surface area contributed by atoms with Crippen LogP contribution in [0.15, 0.2) is 54.8 Å². The quantitative estimate of drug-likeness (QED) is 0.181. The largest absolute Gasteiger partial charge is 0.504 e. The average molecular weight is 495 g/mol. The van der Waals surface area contributed by atoms with Gasteiger partial charge < -0.3 is 19.7 Å². The molecule has 0 saturated heterocycles. The third-order valence-electron chi connectivity index (χ3n) is 3.69. The number of ketones is 2. The van der Waals surface area contributed by atoms with Gasteiger partial charge in [-0.2, -0.15) is 0 Å². The molecule has 0 spiro atoms. The van der Waals surface area contributed by atoms with E-state index in [1.54, 1.807) is 12.1 Å². The van der Waals surface area contributed by atoms with Gasteiger partial charge in [-0.3, -0.25) is 9.59 Å². The van der Waals surface area contributed by atoms with Gasteiger partial charge >= 0.3 is 0 Å². The van der Waals surface area contributed by atoms with Crippen molar-refractivity contribution in [3.8, 4) is 23.0 Å². The number of methoxy groups -OCH3 is 1. The van der Waals surface area contributed by atoms with E-state index >= 15 is 0 Å². The van der Waals surface area contributed by atoms with E-state index in [1.165, 1.54) is 61.6 Å². The maximum Gasteiger partial charge on any atom is 0.175 e. The molecule has 156 valence electrons. The number of hydrogen-bond acceptors (Lipinski definition) is 7. The summed E-state index contributed by atoms with van der Waals surface area (Å²) in [5, 5.41) is 19.2. The van der Waals surface area contributed by atoms with Gasteiger partial charge in [0.1, 0.15) is 0 Å². The average Bonchev–Trinajstić information content (AvgIpc) is 2.71. The molecule has 0 radical (unpaired) electrons. The molecule has 0 atom stereocenters. The minimum atomic E-state index is -0.411. The number of phenolic OH excluding ortho intramolecular Hbond substituents is 2. The molecule has 0 saturated carbocycles. The van der Waals surface area contributed by atoms with Crippen LogP contribution in [0.3, 0.4) is 0 Å². The van der Waals surface area contributed by atoms with Crippen LogP contribution in [0.1, 0.15) is 17.5 Å². The van der Waals surface area contributed by atoms with E-state index in [-0.39, 0.29) is 48.9 Å². The Balaban J connectivity index is 0.00000450. The number of carbonyl (C=O) groups is 2. The Morgan fingerprint density at radius 3 is 1.93 bits per heavy atom. The van der Waals surface area contributed by atoms with Gasteiger partial charge in [-0.05, 0) is 47.5 Å². The van der Waals surface area contributed by atoms with E-state index in [2.05, 4.69) is 0 Å². The van der Waals surface area contributed by atoms with E-state index < -0.39 is 11.6 Å². The number of allylic oxidation sites excluding steroid dienone is 2. The molecule has 0 bridgehead atoms. The first-order valence-electron chi connectivity index (χ1n) is 8.41. The molecule has 0 unspecified atom stereocenters. The predicted molar refractivity (Wildman–Crippen MR) is 106 cm³/mol. The molecule has 0 aliphatic heterocycles. The van der Waals surface area contributed by atoms with E-state index in [1.807, 2.05) is 0 Å². The fourth-order valence-electron chi connectivity index (χ4n) is 2.28. The van der Waals surface area contributed by atoms with Gasteiger partial charge in [-0.25, -0.2) is 4.79 Å². The molecule has 2 aromatic rings. The van der Waals surface area contributed by atoms with Crippen LogP contribution in [-0.4, -0.2) is 34.8 Å². The summed E-state index contributed by atoms with van der Waals surface area (Å²) >= 11 is 0. The van der Waals surface area contributed by atoms with Crippen LogP contribution in [0.25, 0.3) is 12.2 Å². The van der Waals surface area contributed by atoms with Crippen LogP contribution in [0.2, 0.25) is 0 Å². The summed E-state index contributed by atoms with van der Waals surface area (Å²) in [7, 11) is 1.42. The summed E-state index contributed by atoms with van der Waals surface area (Å²) < 4.78 is 9.88. The smallest absolute Gasteiger partial charge is 0.175 e. The van der Waals surface area contributed by atoms with Crippen molar-refractivity contribution >= 4 is 29.7 Å². The molecule has 0 aliphatic rings. The summed E-state index contributed by atoms with van der Waals surface area (Å²) in [6.45, 7) is 0. The first kappa shape index (κ1) is 24.6. The van der Waals surface area contributed by atoms with Crippen molar-refractivity contribution in [2.75, 3.05) is 7.11 Å². The topological polar surface area (TPSA) is 110 Å². The Hall–Kier alpha value is -3.47. The van der Waals surface area contributed by atoms with Gasteiger partial charge in [0, 0.05) is 19.5 Å². The number of phenols is 2. The first-order valence-corrected chi connectivity index (χ1v) is 8.41. The molecule has 0 heterocycles. The predicted octanol–water partition coefficient (Wildman–Crippen LogP) is 3.08. The SMILES string of the molecule is COc1cc(C=CC(=O)CC(=O)C=Cc2ccc(O)c(OC=C=O)c2)ccc1O.[Ru]. The molecule has 2 N–H and O–H groups in total. The van der Waals surface area contributed by atoms with Crippen molar-refractivity contribution in [3.63, 3.8) is 0 Å². The van der Waals surface area contributed by atoms with Gasteiger partial charge in [-0.1, -0.05) is 24.3 Å². The van der Waals surface area contributed by atoms with Crippen LogP contribution in [0, 0.1) is 0 Å². The second-order valence-corrected chi connectivity index (χ2v) is 5.79. The van der Waals surface area contributed by atoms with Gasteiger partial charge in [0.2, 0.25) is 0 Å². The second-order valence-electron chi connectivity index (χ2n) is 5.79. The van der Waals surface area contributed by atoms with Gasteiger partial charge in [0.25, 0.3) is 0 Å². The van der Waals surface area contributed by atoms with Crippen molar-refractivity contribution < 1.29 is 53.5 Å². The summed E-state index contributed by atoms with van der Waals surface area (Å²) in [6, 6.07) is 8.91. The van der Waals surface area contributed by atoms with Crippen molar-refractivity contribution in [3.05, 3.63) is 65.9 Å². The zero-order valence-corrected chi connectivity index (χ0v) is 17.6. The maximum absolute atomic E-state index is 12.0. The van der Waals surface area contributed by atoms with Crippen LogP contribution in [0.4, 0.5) is 0 Å². The molecule has 0 aliphatic carbocycles. The van der Waals surface area contributed by atoms with Crippen molar-refractivity contribution in [2.45, 2.75) is 6.42 Å². The van der Waals surface area contributed by atoms with Crippen LogP contribution >= 0.6 is 0 Å². The molecule has 0 amide bonds. The number of rotatable bonds is 9. The minimum absolute atomic E-state index is 0. The molecule has 0 aromatic heterocycles. The van der Waals surface area contributed by atoms with E-state index in [0.29, 0.717) is 11.1 Å². The molecule has 2 aromatic carbocycles. The second kappa shape index (κ2) is 12.2. The molecular formula is C22H18O7Ru. The molecular weight excluding hydrogens is 477 g/mol. The van der Waals surface area contributed by atoms with Gasteiger partial charge in [0.15, 0.2) is 46.8 Å². The van der Waals surface area contributed by atoms with Crippen molar-refractivity contribution in [2.24, 2.45) is 0 Å². The Morgan fingerprint density at radius 2 is 1.43 bits per heavy atom. The zero-order chi connectivity index (χ0) is 21.2. The van der Waals surface area contributed by atoms with Crippen LogP contribution < -0.4 is 9.47 Å². The summed E-state index contributed by atoms with van der Waals surface area (Å²) in [5.41, 5.74) is 1.17. The van der Waals surface area contributed by atoms with Gasteiger partial charge in [0.05, 0.1) is 13.5 Å². The summed E-state index contributed by atoms with van der Waals surface area (Å²) in [5.74, 6) is 0.745. The molecule has 30 heavy (non-hydrogen) atoms. The number of hydrogen-bond donors (Lipinski definition) is 2. The Morgan fingerprint density at radius 1 is 0.933 bits per heavy atom. The zero-order valence-electron chi connectivity index (χ0n) is 15.8. The maximum atomic E-state index is 12.0. The molecule has 7 nitrogen and oxygen atoms in total. The van der Waals surface area contributed by atoms with Crippen molar-refractivity contribution in [1.29, 1.82) is 0 Å². The fourth-order valence-corrected chi connectivity index (χ4v) is 2.28. The first-order chi connectivity index (χ1) is 13.9. The third-order valence-corrected chi connectivity index (χ3v) is 3.69. The Kier molecular flexibility index (Phi) is 9.97. The molecule has 2 rings (SSSR count). The number of benzene rings is 2. The normalized spacial score (nSPS) is 10.3. The van der Waals surface area contributed by atoms with Gasteiger partial charge in [-0.15, -0.1) is 0 Å². The summed E-state index contributed by atoms with van der Waals surface area (Å²) in [6.07, 6.45) is 5.92. The monoisotopic (exact) mass is 496 g/mol. The van der Waals surface area contributed by atoms with Crippen LogP contribution in [-0.2, 0) is 33.9 Å².